The zero-order valence-electron chi connectivity index (χ0n) is 15.0. The van der Waals surface area contributed by atoms with Crippen molar-refractivity contribution in [3.63, 3.8) is 0 Å². The van der Waals surface area contributed by atoms with Crippen LogP contribution in [0.15, 0.2) is 30.5 Å². The van der Waals surface area contributed by atoms with Crippen molar-refractivity contribution in [2.24, 2.45) is 0 Å². The Morgan fingerprint density at radius 1 is 1.30 bits per heavy atom. The average Bonchev–Trinajstić information content (AvgIpc) is 2.62. The third-order valence-corrected chi connectivity index (χ3v) is 4.33. The lowest BCUT2D eigenvalue weighted by Gasteiger charge is -2.38. The number of hydrogen-bond acceptors (Lipinski definition) is 4. The van der Waals surface area contributed by atoms with Crippen LogP contribution in [-0.2, 0) is 14.9 Å². The van der Waals surface area contributed by atoms with Crippen molar-refractivity contribution < 1.29 is 22.7 Å². The van der Waals surface area contributed by atoms with Crippen molar-refractivity contribution in [3.8, 4) is 11.1 Å². The van der Waals surface area contributed by atoms with Gasteiger partial charge in [-0.25, -0.2) is 13.2 Å². The Balaban J connectivity index is 2.41. The summed E-state index contributed by atoms with van der Waals surface area (Å²) in [5.41, 5.74) is 1.14. The van der Waals surface area contributed by atoms with E-state index in [2.05, 4.69) is 9.72 Å². The lowest BCUT2D eigenvalue weighted by molar-refractivity contribution is -0.129. The molecule has 0 aliphatic heterocycles. The third-order valence-electron chi connectivity index (χ3n) is 4.33. The second-order valence-electron chi connectivity index (χ2n) is 6.11. The van der Waals surface area contributed by atoms with E-state index in [-0.39, 0.29) is 13.2 Å². The summed E-state index contributed by atoms with van der Waals surface area (Å²) < 4.78 is 44.1. The van der Waals surface area contributed by atoms with Crippen LogP contribution in [0.1, 0.15) is 23.2 Å². The van der Waals surface area contributed by atoms with Crippen LogP contribution >= 0.6 is 0 Å². The van der Waals surface area contributed by atoms with Crippen LogP contribution in [0.5, 0.6) is 0 Å². The maximum atomic E-state index is 13.5. The van der Waals surface area contributed by atoms with E-state index in [9.17, 15) is 18.0 Å². The standard InChI is InChI=1S/C18H17B2F3N2O2/c1-11-15(18(19,20)25(2)5-6-27-10-26)8-13(9-24-11)12-3-4-16(21)14(7-12)17(22)23/h3-4,7-10,17H,5-6H2,1-2H3. The molecule has 9 heteroatoms. The van der Waals surface area contributed by atoms with Crippen molar-refractivity contribution in [2.45, 2.75) is 18.7 Å². The van der Waals surface area contributed by atoms with E-state index < -0.39 is 23.1 Å². The largest absolute Gasteiger partial charge is 0.467 e. The highest BCUT2D eigenvalue weighted by molar-refractivity contribution is 6.39. The molecule has 2 aromatic rings. The van der Waals surface area contributed by atoms with E-state index in [4.69, 9.17) is 15.7 Å². The number of nitrogens with zero attached hydrogens (tertiary/aromatic N) is 2. The molecule has 1 aromatic heterocycles. The molecule has 0 aliphatic carbocycles. The smallest absolute Gasteiger partial charge is 0.293 e. The highest BCUT2D eigenvalue weighted by Gasteiger charge is 2.27. The van der Waals surface area contributed by atoms with Gasteiger partial charge in [-0.3, -0.25) is 9.78 Å². The van der Waals surface area contributed by atoms with Gasteiger partial charge in [0.1, 0.15) is 12.4 Å². The molecule has 0 fully saturated rings. The molecule has 0 bridgehead atoms. The van der Waals surface area contributed by atoms with Gasteiger partial charge in [-0.2, -0.15) is 0 Å². The number of pyridine rings is 1. The van der Waals surface area contributed by atoms with E-state index in [1.165, 1.54) is 12.3 Å². The number of carbonyl (C=O) groups excluding carboxylic acids is 1. The minimum Gasteiger partial charge on any atom is -0.467 e. The summed E-state index contributed by atoms with van der Waals surface area (Å²) in [4.78, 5) is 16.1. The fourth-order valence-electron chi connectivity index (χ4n) is 2.62. The van der Waals surface area contributed by atoms with Crippen LogP contribution in [0.4, 0.5) is 13.2 Å². The van der Waals surface area contributed by atoms with Gasteiger partial charge in [-0.1, -0.05) is 6.07 Å². The monoisotopic (exact) mass is 372 g/mol. The van der Waals surface area contributed by atoms with E-state index in [0.29, 0.717) is 28.9 Å². The van der Waals surface area contributed by atoms with E-state index in [0.717, 1.165) is 12.1 Å². The lowest BCUT2D eigenvalue weighted by Crippen LogP contribution is -2.47. The molecular weight excluding hydrogens is 355 g/mol. The van der Waals surface area contributed by atoms with Crippen LogP contribution in [0.2, 0.25) is 0 Å². The van der Waals surface area contributed by atoms with Crippen molar-refractivity contribution in [2.75, 3.05) is 20.2 Å². The Hall–Kier alpha value is -2.28. The molecule has 0 spiro atoms. The molecule has 0 saturated heterocycles. The van der Waals surface area contributed by atoms with E-state index in [1.54, 1.807) is 24.9 Å². The lowest BCUT2D eigenvalue weighted by atomic mass is 9.56. The minimum atomic E-state index is -2.94. The number of halogens is 3. The van der Waals surface area contributed by atoms with Gasteiger partial charge in [0.05, 0.1) is 21.3 Å². The molecule has 0 N–H and O–H groups in total. The Bertz CT molecular complexity index is 819. The number of carbonyl (C=O) groups is 1. The number of rotatable bonds is 8. The average molecular weight is 372 g/mol. The van der Waals surface area contributed by atoms with Crippen molar-refractivity contribution >= 4 is 22.2 Å². The molecule has 27 heavy (non-hydrogen) atoms. The van der Waals surface area contributed by atoms with Crippen LogP contribution in [0, 0.1) is 12.7 Å². The van der Waals surface area contributed by atoms with Crippen LogP contribution in [0.25, 0.3) is 11.1 Å². The van der Waals surface area contributed by atoms with Gasteiger partial charge < -0.3 is 9.64 Å². The molecule has 0 atom stereocenters. The predicted octanol–water partition coefficient (Wildman–Crippen LogP) is 2.69. The molecule has 0 amide bonds. The van der Waals surface area contributed by atoms with Crippen LogP contribution in [-0.4, -0.2) is 52.2 Å². The Kier molecular flexibility index (Phi) is 6.70. The van der Waals surface area contributed by atoms with Gasteiger partial charge in [0.2, 0.25) is 0 Å². The van der Waals surface area contributed by atoms with Gasteiger partial charge >= 0.3 is 0 Å². The molecule has 4 nitrogen and oxygen atoms in total. The van der Waals surface area contributed by atoms with Gasteiger partial charge in [-0.05, 0) is 48.6 Å². The number of aryl methyl sites for hydroxylation is 1. The number of benzene rings is 1. The second kappa shape index (κ2) is 8.61. The fourth-order valence-corrected chi connectivity index (χ4v) is 2.62. The topological polar surface area (TPSA) is 42.4 Å². The first kappa shape index (κ1) is 21.0. The summed E-state index contributed by atoms with van der Waals surface area (Å²) in [7, 11) is 14.2. The zero-order valence-corrected chi connectivity index (χ0v) is 15.0. The molecule has 138 valence electrons. The van der Waals surface area contributed by atoms with E-state index in [1.807, 2.05) is 0 Å². The van der Waals surface area contributed by atoms with Crippen LogP contribution in [0.3, 0.4) is 0 Å². The molecule has 0 unspecified atom stereocenters. The quantitative estimate of drug-likeness (QED) is 0.406. The number of aromatic nitrogens is 1. The summed E-state index contributed by atoms with van der Waals surface area (Å²) >= 11 is 0. The third kappa shape index (κ3) is 4.71. The number of likely N-dealkylation sites (N-methyl/N-ethyl adjacent to an activating group) is 1. The van der Waals surface area contributed by atoms with Crippen molar-refractivity contribution in [1.82, 2.24) is 9.88 Å². The number of ether oxygens (including phenoxy) is 1. The van der Waals surface area contributed by atoms with Gasteiger partial charge in [0.25, 0.3) is 12.9 Å². The summed E-state index contributed by atoms with van der Waals surface area (Å²) in [6.45, 7) is 2.39. The zero-order chi connectivity index (χ0) is 20.2. The summed E-state index contributed by atoms with van der Waals surface area (Å²) in [5, 5.41) is -1.45. The highest BCUT2D eigenvalue weighted by Crippen LogP contribution is 2.31. The first-order chi connectivity index (χ1) is 12.7. The predicted molar refractivity (Wildman–Crippen MR) is 97.2 cm³/mol. The summed E-state index contributed by atoms with van der Waals surface area (Å²) in [6, 6.07) is 5.07. The Morgan fingerprint density at radius 3 is 2.63 bits per heavy atom. The van der Waals surface area contributed by atoms with Gasteiger partial charge in [-0.15, -0.1) is 0 Å². The first-order valence-corrected chi connectivity index (χ1v) is 8.07. The Labute approximate surface area is 158 Å². The fraction of sp³-hybridized carbons (Fsp3) is 0.333. The minimum absolute atomic E-state index is 0.0953. The summed E-state index contributed by atoms with van der Waals surface area (Å²) in [5.74, 6) is -0.976. The normalized spacial score (nSPS) is 11.8. The molecule has 2 rings (SSSR count). The van der Waals surface area contributed by atoms with E-state index >= 15 is 0 Å². The Morgan fingerprint density at radius 2 is 2.00 bits per heavy atom. The molecule has 4 radical (unpaired) electrons. The molecular formula is C18H17B2F3N2O2. The van der Waals surface area contributed by atoms with Crippen molar-refractivity contribution in [1.29, 1.82) is 0 Å². The molecule has 0 saturated carbocycles. The molecule has 0 aliphatic rings. The molecule has 1 heterocycles. The number of hydrogen-bond donors (Lipinski definition) is 0. The second-order valence-corrected chi connectivity index (χ2v) is 6.11. The molecule has 1 aromatic carbocycles. The maximum absolute atomic E-state index is 13.5. The van der Waals surface area contributed by atoms with Gasteiger partial charge in [0, 0.05) is 24.0 Å². The maximum Gasteiger partial charge on any atom is 0.293 e. The SMILES string of the molecule is [B]C([B])(c1cc(-c2ccc(F)c(C(F)F)c2)cnc1C)N(C)CCOC=O. The highest BCUT2D eigenvalue weighted by atomic mass is 19.3. The first-order valence-electron chi connectivity index (χ1n) is 8.07. The number of alkyl halides is 2. The van der Waals surface area contributed by atoms with Crippen molar-refractivity contribution in [3.05, 3.63) is 53.1 Å². The summed E-state index contributed by atoms with van der Waals surface area (Å²) in [6.07, 6.45) is -1.46. The van der Waals surface area contributed by atoms with Gasteiger partial charge in [0.15, 0.2) is 0 Å². The van der Waals surface area contributed by atoms with Crippen LogP contribution < -0.4 is 0 Å².